The smallest absolute Gasteiger partial charge is 0.305 e. The number of ether oxygens (including phenoxy) is 1. The molecule has 1 saturated heterocycles. The van der Waals surface area contributed by atoms with Crippen LogP contribution in [-0.4, -0.2) is 47.0 Å². The molecule has 1 fully saturated rings. The van der Waals surface area contributed by atoms with Crippen LogP contribution in [0.5, 0.6) is 0 Å². The van der Waals surface area contributed by atoms with Gasteiger partial charge < -0.3 is 20.1 Å². The number of carbonyl (C=O) groups excluding carboxylic acids is 2. The summed E-state index contributed by atoms with van der Waals surface area (Å²) in [5.74, 6) is -1.71. The van der Waals surface area contributed by atoms with Gasteiger partial charge >= 0.3 is 5.97 Å². The van der Waals surface area contributed by atoms with Crippen LogP contribution in [0.4, 0.5) is 0 Å². The molecule has 0 aromatic heterocycles. The van der Waals surface area contributed by atoms with E-state index >= 15 is 0 Å². The van der Waals surface area contributed by atoms with Gasteiger partial charge in [0.25, 0.3) is 0 Å². The Hall–Kier alpha value is -2.61. The van der Waals surface area contributed by atoms with Crippen LogP contribution in [0, 0.1) is 0 Å². The van der Waals surface area contributed by atoms with Crippen LogP contribution >= 0.6 is 23.2 Å². The average molecular weight is 493 g/mol. The van der Waals surface area contributed by atoms with E-state index in [1.165, 1.54) is 0 Å². The molecule has 0 saturated carbocycles. The maximum Gasteiger partial charge on any atom is 0.305 e. The first kappa shape index (κ1) is 25.0. The number of carbonyl (C=O) groups is 3. The molecule has 7 nitrogen and oxygen atoms in total. The van der Waals surface area contributed by atoms with Crippen molar-refractivity contribution in [2.24, 2.45) is 0 Å². The summed E-state index contributed by atoms with van der Waals surface area (Å²) in [7, 11) is 0. The number of aliphatic carboxylic acids is 1. The van der Waals surface area contributed by atoms with Gasteiger partial charge in [0.2, 0.25) is 11.8 Å². The number of halogens is 2. The fraction of sp³-hybridized carbons (Fsp3) is 0.375. The Morgan fingerprint density at radius 2 is 1.67 bits per heavy atom. The molecule has 0 radical (unpaired) electrons. The highest BCUT2D eigenvalue weighted by Crippen LogP contribution is 2.42. The van der Waals surface area contributed by atoms with Crippen LogP contribution in [-0.2, 0) is 19.1 Å². The van der Waals surface area contributed by atoms with Gasteiger partial charge in [0, 0.05) is 16.6 Å². The second-order valence-corrected chi connectivity index (χ2v) is 8.69. The number of nitrogens with zero attached hydrogens (tertiary/aromatic N) is 1. The van der Waals surface area contributed by atoms with Gasteiger partial charge in [-0.3, -0.25) is 14.4 Å². The zero-order valence-electron chi connectivity index (χ0n) is 18.2. The van der Waals surface area contributed by atoms with Gasteiger partial charge in [-0.15, -0.1) is 0 Å². The Morgan fingerprint density at radius 3 is 2.21 bits per heavy atom. The quantitative estimate of drug-likeness (QED) is 0.540. The molecule has 1 aliphatic heterocycles. The Bertz CT molecular complexity index is 981. The number of hydrogen-bond acceptors (Lipinski definition) is 4. The maximum atomic E-state index is 13.2. The number of morpholine rings is 1. The van der Waals surface area contributed by atoms with Crippen LogP contribution < -0.4 is 5.32 Å². The third-order valence-electron chi connectivity index (χ3n) is 5.51. The zero-order valence-corrected chi connectivity index (χ0v) is 19.7. The largest absolute Gasteiger partial charge is 0.481 e. The van der Waals surface area contributed by atoms with Crippen molar-refractivity contribution < 1.29 is 24.2 Å². The van der Waals surface area contributed by atoms with Crippen molar-refractivity contribution in [1.29, 1.82) is 0 Å². The van der Waals surface area contributed by atoms with Crippen molar-refractivity contribution in [2.75, 3.05) is 13.2 Å². The minimum absolute atomic E-state index is 0.0147. The SMILES string of the molecule is CCCC(C(=O)NCCC(=O)O)N1C(=O)CO[C@H](c2ccc(Cl)cc2)[C@H]1c1ccc(Cl)cc1. The molecular weight excluding hydrogens is 467 g/mol. The lowest BCUT2D eigenvalue weighted by Gasteiger charge is -2.45. The first-order chi connectivity index (χ1) is 15.8. The van der Waals surface area contributed by atoms with E-state index < -0.39 is 24.2 Å². The van der Waals surface area contributed by atoms with Crippen molar-refractivity contribution in [2.45, 2.75) is 44.4 Å². The van der Waals surface area contributed by atoms with Crippen molar-refractivity contribution in [3.63, 3.8) is 0 Å². The molecule has 0 aliphatic carbocycles. The van der Waals surface area contributed by atoms with Gasteiger partial charge in [-0.2, -0.15) is 0 Å². The molecule has 9 heteroatoms. The predicted octanol–water partition coefficient (Wildman–Crippen LogP) is 4.39. The second-order valence-electron chi connectivity index (χ2n) is 7.82. The second kappa shape index (κ2) is 11.5. The average Bonchev–Trinajstić information content (AvgIpc) is 2.78. The van der Waals surface area contributed by atoms with Gasteiger partial charge in [0.1, 0.15) is 18.8 Å². The lowest BCUT2D eigenvalue weighted by atomic mass is 9.90. The van der Waals surface area contributed by atoms with Crippen LogP contribution in [0.1, 0.15) is 49.5 Å². The van der Waals surface area contributed by atoms with Gasteiger partial charge in [-0.25, -0.2) is 0 Å². The summed E-state index contributed by atoms with van der Waals surface area (Å²) in [6, 6.07) is 12.9. The number of nitrogens with one attached hydrogen (secondary N) is 1. The van der Waals surface area contributed by atoms with E-state index in [2.05, 4.69) is 5.32 Å². The normalized spacial score (nSPS) is 19.2. The molecule has 0 spiro atoms. The van der Waals surface area contributed by atoms with E-state index in [4.69, 9.17) is 33.0 Å². The summed E-state index contributed by atoms with van der Waals surface area (Å²) in [4.78, 5) is 38.7. The highest BCUT2D eigenvalue weighted by molar-refractivity contribution is 6.30. The van der Waals surface area contributed by atoms with E-state index in [0.29, 0.717) is 22.9 Å². The number of carboxylic acids is 1. The van der Waals surface area contributed by atoms with Gasteiger partial charge in [0.05, 0.1) is 12.5 Å². The van der Waals surface area contributed by atoms with Crippen molar-refractivity contribution in [1.82, 2.24) is 10.2 Å². The van der Waals surface area contributed by atoms with E-state index in [0.717, 1.165) is 11.1 Å². The standard InChI is InChI=1S/C24H26Cl2N2O5/c1-2-3-19(24(32)27-13-12-21(30)31)28-20(29)14-33-23(16-6-10-18(26)11-7-16)22(28)15-4-8-17(25)9-5-15/h4-11,19,22-23H,2-3,12-14H2,1H3,(H,27,32)(H,30,31)/t19?,22-,23-/m1/s1. The number of benzene rings is 2. The monoisotopic (exact) mass is 492 g/mol. The molecular formula is C24H26Cl2N2O5. The number of rotatable bonds is 9. The van der Waals surface area contributed by atoms with Crippen molar-refractivity contribution in [3.05, 3.63) is 69.7 Å². The summed E-state index contributed by atoms with van der Waals surface area (Å²) in [6.07, 6.45) is 0.338. The lowest BCUT2D eigenvalue weighted by Crippen LogP contribution is -2.56. The first-order valence-electron chi connectivity index (χ1n) is 10.7. The molecule has 3 rings (SSSR count). The Balaban J connectivity index is 2.02. The van der Waals surface area contributed by atoms with Gasteiger partial charge in [0.15, 0.2) is 0 Å². The topological polar surface area (TPSA) is 95.9 Å². The van der Waals surface area contributed by atoms with Crippen molar-refractivity contribution >= 4 is 41.0 Å². The Labute approximate surface area is 202 Å². The molecule has 0 bridgehead atoms. The fourth-order valence-electron chi connectivity index (χ4n) is 4.00. The molecule has 2 N–H and O–H groups in total. The first-order valence-corrected chi connectivity index (χ1v) is 11.5. The summed E-state index contributed by atoms with van der Waals surface area (Å²) in [6.45, 7) is 1.73. The van der Waals surface area contributed by atoms with Crippen LogP contribution in [0.15, 0.2) is 48.5 Å². The third kappa shape index (κ3) is 6.25. The van der Waals surface area contributed by atoms with Crippen LogP contribution in [0.3, 0.4) is 0 Å². The fourth-order valence-corrected chi connectivity index (χ4v) is 4.25. The lowest BCUT2D eigenvalue weighted by molar-refractivity contribution is -0.167. The molecule has 1 aliphatic rings. The van der Waals surface area contributed by atoms with Crippen molar-refractivity contribution in [3.8, 4) is 0 Å². The molecule has 2 amide bonds. The molecule has 33 heavy (non-hydrogen) atoms. The maximum absolute atomic E-state index is 13.2. The molecule has 1 unspecified atom stereocenters. The minimum atomic E-state index is -1.01. The highest BCUT2D eigenvalue weighted by Gasteiger charge is 2.44. The summed E-state index contributed by atoms with van der Waals surface area (Å²) in [5.41, 5.74) is 1.59. The number of amides is 2. The molecule has 176 valence electrons. The van der Waals surface area contributed by atoms with E-state index in [1.54, 1.807) is 29.2 Å². The van der Waals surface area contributed by atoms with Gasteiger partial charge in [-0.1, -0.05) is 60.8 Å². The third-order valence-corrected chi connectivity index (χ3v) is 6.01. The molecule has 1 heterocycles. The highest BCUT2D eigenvalue weighted by atomic mass is 35.5. The molecule has 3 atom stereocenters. The predicted molar refractivity (Wildman–Crippen MR) is 125 cm³/mol. The Kier molecular flexibility index (Phi) is 8.72. The van der Waals surface area contributed by atoms with E-state index in [1.807, 2.05) is 31.2 Å². The molecule has 2 aromatic rings. The molecule has 2 aromatic carbocycles. The zero-order chi connectivity index (χ0) is 24.0. The van der Waals surface area contributed by atoms with Crippen LogP contribution in [0.2, 0.25) is 10.0 Å². The van der Waals surface area contributed by atoms with E-state index in [-0.39, 0.29) is 31.4 Å². The summed E-state index contributed by atoms with van der Waals surface area (Å²) in [5, 5.41) is 12.7. The van der Waals surface area contributed by atoms with Crippen LogP contribution in [0.25, 0.3) is 0 Å². The van der Waals surface area contributed by atoms with Gasteiger partial charge in [-0.05, 0) is 41.8 Å². The summed E-state index contributed by atoms with van der Waals surface area (Å²) < 4.78 is 5.99. The van der Waals surface area contributed by atoms with E-state index in [9.17, 15) is 14.4 Å². The minimum Gasteiger partial charge on any atom is -0.481 e. The Morgan fingerprint density at radius 1 is 1.09 bits per heavy atom. The summed E-state index contributed by atoms with van der Waals surface area (Å²) >= 11 is 12.2. The number of carboxylic acid groups (broad SMARTS) is 1. The number of hydrogen-bond donors (Lipinski definition) is 2.